The molecule has 2 aliphatic rings. The molecule has 0 atom stereocenters. The molecule has 130 valence electrons. The molecule has 25 heavy (non-hydrogen) atoms. The van der Waals surface area contributed by atoms with Crippen LogP contribution in [0.5, 0.6) is 0 Å². The fraction of sp³-hybridized carbons (Fsp3) is 0.421. The topological polar surface area (TPSA) is 76.0 Å². The van der Waals surface area contributed by atoms with Crippen LogP contribution in [0.3, 0.4) is 0 Å². The van der Waals surface area contributed by atoms with E-state index in [9.17, 15) is 9.59 Å². The highest BCUT2D eigenvalue weighted by Crippen LogP contribution is 2.19. The molecule has 6 heteroatoms. The molecule has 0 bridgehead atoms. The smallest absolute Gasteiger partial charge is 0.276 e. The van der Waals surface area contributed by atoms with Crippen molar-refractivity contribution in [2.75, 3.05) is 5.32 Å². The summed E-state index contributed by atoms with van der Waals surface area (Å²) in [4.78, 5) is 24.5. The number of fused-ring (bicyclic) bond motifs is 1. The molecule has 2 N–H and O–H groups in total. The maximum absolute atomic E-state index is 12.3. The largest absolute Gasteiger partial charge is 0.349 e. The fourth-order valence-corrected chi connectivity index (χ4v) is 3.61. The van der Waals surface area contributed by atoms with Crippen LogP contribution in [0.2, 0.25) is 0 Å². The SMILES string of the molecule is O=C(NC1CCCC1)c1ccc(NC(=O)c2cc3n(n2)CCC3)cc1. The third-order valence-corrected chi connectivity index (χ3v) is 4.99. The van der Waals surface area contributed by atoms with E-state index in [1.54, 1.807) is 24.3 Å². The van der Waals surface area contributed by atoms with Gasteiger partial charge >= 0.3 is 0 Å². The number of carbonyl (C=O) groups excluding carboxylic acids is 2. The summed E-state index contributed by atoms with van der Waals surface area (Å²) in [7, 11) is 0. The third kappa shape index (κ3) is 3.43. The van der Waals surface area contributed by atoms with Crippen molar-refractivity contribution >= 4 is 17.5 Å². The highest BCUT2D eigenvalue weighted by molar-refractivity contribution is 6.03. The quantitative estimate of drug-likeness (QED) is 0.900. The number of rotatable bonds is 4. The van der Waals surface area contributed by atoms with Crippen LogP contribution in [-0.2, 0) is 13.0 Å². The minimum Gasteiger partial charge on any atom is -0.349 e. The molecule has 2 amide bonds. The van der Waals surface area contributed by atoms with Crippen molar-refractivity contribution < 1.29 is 9.59 Å². The second kappa shape index (κ2) is 6.70. The Bertz CT molecular complexity index is 767. The normalized spacial score (nSPS) is 16.6. The molecule has 2 aromatic rings. The first-order valence-corrected chi connectivity index (χ1v) is 8.98. The number of aryl methyl sites for hydroxylation is 2. The number of hydrogen-bond acceptors (Lipinski definition) is 3. The van der Waals surface area contributed by atoms with Gasteiger partial charge in [0, 0.05) is 29.5 Å². The van der Waals surface area contributed by atoms with Gasteiger partial charge in [-0.1, -0.05) is 12.8 Å². The second-order valence-electron chi connectivity index (χ2n) is 6.83. The van der Waals surface area contributed by atoms with Crippen LogP contribution in [0.4, 0.5) is 5.69 Å². The summed E-state index contributed by atoms with van der Waals surface area (Å²) in [6.07, 6.45) is 6.57. The van der Waals surface area contributed by atoms with Crippen molar-refractivity contribution in [3.05, 3.63) is 47.3 Å². The van der Waals surface area contributed by atoms with Gasteiger partial charge in [0.25, 0.3) is 11.8 Å². The van der Waals surface area contributed by atoms with Crippen LogP contribution in [0, 0.1) is 0 Å². The minimum atomic E-state index is -0.218. The number of aromatic nitrogens is 2. The Morgan fingerprint density at radius 1 is 1.04 bits per heavy atom. The fourth-order valence-electron chi connectivity index (χ4n) is 3.61. The Labute approximate surface area is 146 Å². The minimum absolute atomic E-state index is 0.0460. The first-order chi connectivity index (χ1) is 12.2. The van der Waals surface area contributed by atoms with Crippen LogP contribution >= 0.6 is 0 Å². The lowest BCUT2D eigenvalue weighted by Gasteiger charge is -2.12. The van der Waals surface area contributed by atoms with E-state index in [1.807, 2.05) is 10.7 Å². The Hall–Kier alpha value is -2.63. The molecule has 1 aliphatic heterocycles. The van der Waals surface area contributed by atoms with Gasteiger partial charge in [-0.2, -0.15) is 5.10 Å². The van der Waals surface area contributed by atoms with Crippen molar-refractivity contribution in [2.45, 2.75) is 51.1 Å². The number of amides is 2. The average Bonchev–Trinajstić information content (AvgIpc) is 3.32. The summed E-state index contributed by atoms with van der Waals surface area (Å²) in [5.74, 6) is -0.264. The van der Waals surface area contributed by atoms with Gasteiger partial charge in [-0.15, -0.1) is 0 Å². The van der Waals surface area contributed by atoms with Gasteiger partial charge in [-0.25, -0.2) is 0 Å². The van der Waals surface area contributed by atoms with E-state index >= 15 is 0 Å². The lowest BCUT2D eigenvalue weighted by molar-refractivity contribution is 0.0937. The van der Waals surface area contributed by atoms with E-state index < -0.39 is 0 Å². The van der Waals surface area contributed by atoms with Crippen LogP contribution in [-0.4, -0.2) is 27.6 Å². The van der Waals surface area contributed by atoms with Crippen molar-refractivity contribution in [1.29, 1.82) is 0 Å². The lowest BCUT2D eigenvalue weighted by atomic mass is 10.1. The molecule has 1 aromatic carbocycles. The number of nitrogens with zero attached hydrogens (tertiary/aromatic N) is 2. The summed E-state index contributed by atoms with van der Waals surface area (Å²) in [5.41, 5.74) is 2.84. The molecule has 1 fully saturated rings. The molecule has 6 nitrogen and oxygen atoms in total. The molecule has 0 radical (unpaired) electrons. The molecule has 1 aromatic heterocycles. The van der Waals surface area contributed by atoms with E-state index in [0.29, 0.717) is 23.0 Å². The van der Waals surface area contributed by atoms with E-state index in [2.05, 4.69) is 15.7 Å². The van der Waals surface area contributed by atoms with Gasteiger partial charge in [0.2, 0.25) is 0 Å². The maximum atomic E-state index is 12.3. The van der Waals surface area contributed by atoms with Crippen molar-refractivity contribution in [3.8, 4) is 0 Å². The average molecular weight is 338 g/mol. The molecule has 4 rings (SSSR count). The van der Waals surface area contributed by atoms with E-state index in [0.717, 1.165) is 37.9 Å². The Balaban J connectivity index is 1.37. The lowest BCUT2D eigenvalue weighted by Crippen LogP contribution is -2.32. The number of benzene rings is 1. The van der Waals surface area contributed by atoms with Crippen molar-refractivity contribution in [1.82, 2.24) is 15.1 Å². The van der Waals surface area contributed by atoms with E-state index in [-0.39, 0.29) is 11.8 Å². The molecule has 0 saturated heterocycles. The standard InChI is InChI=1S/C19H22N4O2/c24-18(20-14-4-1-2-5-14)13-7-9-15(10-8-13)21-19(25)17-12-16-6-3-11-23(16)22-17/h7-10,12,14H,1-6,11H2,(H,20,24)(H,21,25). The van der Waals surface area contributed by atoms with Gasteiger partial charge in [-0.3, -0.25) is 14.3 Å². The van der Waals surface area contributed by atoms with Gasteiger partial charge < -0.3 is 10.6 Å². The molecule has 1 saturated carbocycles. The predicted molar refractivity (Wildman–Crippen MR) is 94.7 cm³/mol. The molecule has 0 unspecified atom stereocenters. The zero-order valence-corrected chi connectivity index (χ0v) is 14.1. The van der Waals surface area contributed by atoms with Crippen molar-refractivity contribution in [2.24, 2.45) is 0 Å². The van der Waals surface area contributed by atoms with Gasteiger partial charge in [0.1, 0.15) is 0 Å². The maximum Gasteiger partial charge on any atom is 0.276 e. The van der Waals surface area contributed by atoms with Crippen LogP contribution in [0.1, 0.15) is 58.6 Å². The number of anilines is 1. The molecular formula is C19H22N4O2. The Morgan fingerprint density at radius 2 is 1.80 bits per heavy atom. The molecule has 1 aliphatic carbocycles. The zero-order chi connectivity index (χ0) is 17.2. The molecular weight excluding hydrogens is 316 g/mol. The highest BCUT2D eigenvalue weighted by atomic mass is 16.2. The molecule has 2 heterocycles. The number of hydrogen-bond donors (Lipinski definition) is 2. The monoisotopic (exact) mass is 338 g/mol. The predicted octanol–water partition coefficient (Wildman–Crippen LogP) is 2.75. The second-order valence-corrected chi connectivity index (χ2v) is 6.83. The summed E-state index contributed by atoms with van der Waals surface area (Å²) >= 11 is 0. The summed E-state index contributed by atoms with van der Waals surface area (Å²) in [6, 6.07) is 9.15. The number of nitrogens with one attached hydrogen (secondary N) is 2. The van der Waals surface area contributed by atoms with Crippen molar-refractivity contribution in [3.63, 3.8) is 0 Å². The van der Waals surface area contributed by atoms with Crippen LogP contribution in [0.15, 0.2) is 30.3 Å². The molecule has 0 spiro atoms. The first kappa shape index (κ1) is 15.9. The number of carbonyl (C=O) groups is 2. The summed E-state index contributed by atoms with van der Waals surface area (Å²) in [6.45, 7) is 0.882. The Kier molecular flexibility index (Phi) is 4.26. The van der Waals surface area contributed by atoms with E-state index in [1.165, 1.54) is 12.8 Å². The first-order valence-electron chi connectivity index (χ1n) is 8.98. The van der Waals surface area contributed by atoms with Crippen LogP contribution in [0.25, 0.3) is 0 Å². The highest BCUT2D eigenvalue weighted by Gasteiger charge is 2.19. The summed E-state index contributed by atoms with van der Waals surface area (Å²) in [5, 5.41) is 10.2. The zero-order valence-electron chi connectivity index (χ0n) is 14.1. The van der Waals surface area contributed by atoms with Crippen LogP contribution < -0.4 is 10.6 Å². The van der Waals surface area contributed by atoms with Gasteiger partial charge in [0.05, 0.1) is 0 Å². The Morgan fingerprint density at radius 3 is 2.52 bits per heavy atom. The van der Waals surface area contributed by atoms with E-state index in [4.69, 9.17) is 0 Å². The summed E-state index contributed by atoms with van der Waals surface area (Å²) < 4.78 is 1.89. The van der Waals surface area contributed by atoms with Gasteiger partial charge in [-0.05, 0) is 56.0 Å². The van der Waals surface area contributed by atoms with Gasteiger partial charge in [0.15, 0.2) is 5.69 Å². The third-order valence-electron chi connectivity index (χ3n) is 4.99.